The van der Waals surface area contributed by atoms with Crippen LogP contribution in [0.1, 0.15) is 10.6 Å². The second-order valence-corrected chi connectivity index (χ2v) is 9.59. The number of fused-ring (bicyclic) bond motifs is 1. The fraction of sp³-hybridized carbons (Fsp3) is 0.278. The molecule has 4 heterocycles. The molecule has 0 radical (unpaired) electrons. The van der Waals surface area contributed by atoms with Crippen molar-refractivity contribution in [3.63, 3.8) is 0 Å². The highest BCUT2D eigenvalue weighted by Gasteiger charge is 2.54. The zero-order valence-corrected chi connectivity index (χ0v) is 18.6. The zero-order valence-electron chi connectivity index (χ0n) is 16.1. The van der Waals surface area contributed by atoms with E-state index in [9.17, 15) is 19.5 Å². The zero-order chi connectivity index (χ0) is 22.1. The van der Waals surface area contributed by atoms with E-state index in [1.165, 1.54) is 35.1 Å². The number of carboxylic acid groups (broad SMARTS) is 1. The van der Waals surface area contributed by atoms with Crippen LogP contribution in [0.25, 0.3) is 0 Å². The van der Waals surface area contributed by atoms with Crippen LogP contribution in [0, 0.1) is 0 Å². The molecule has 2 aliphatic rings. The molecule has 0 aliphatic carbocycles. The Morgan fingerprint density at radius 3 is 2.87 bits per heavy atom. The number of anilines is 1. The summed E-state index contributed by atoms with van der Waals surface area (Å²) in [6.45, 7) is 0. The minimum absolute atomic E-state index is 0.00861. The number of nitrogens with one attached hydrogen (secondary N) is 1. The third-order valence-electron chi connectivity index (χ3n) is 4.67. The van der Waals surface area contributed by atoms with E-state index in [-0.39, 0.29) is 22.2 Å². The molecule has 2 amide bonds. The van der Waals surface area contributed by atoms with Crippen LogP contribution in [0.4, 0.5) is 5.13 Å². The van der Waals surface area contributed by atoms with E-state index in [0.29, 0.717) is 17.7 Å². The number of rotatable bonds is 7. The molecule has 0 spiro atoms. The number of carboxylic acids is 1. The van der Waals surface area contributed by atoms with Crippen LogP contribution in [-0.4, -0.2) is 62.8 Å². The lowest BCUT2D eigenvalue weighted by Gasteiger charge is -2.49. The Kier molecular flexibility index (Phi) is 5.98. The second kappa shape index (κ2) is 8.69. The van der Waals surface area contributed by atoms with Gasteiger partial charge in [-0.2, -0.15) is 0 Å². The van der Waals surface area contributed by atoms with Crippen LogP contribution in [0.2, 0.25) is 0 Å². The van der Waals surface area contributed by atoms with Gasteiger partial charge in [0.25, 0.3) is 11.8 Å². The third kappa shape index (κ3) is 4.03. The highest BCUT2D eigenvalue weighted by molar-refractivity contribution is 8.00. The number of aromatic nitrogens is 1. The molecule has 4 N–H and O–H groups in total. The number of thiazole rings is 1. The van der Waals surface area contributed by atoms with Crippen LogP contribution >= 0.6 is 34.4 Å². The first-order valence-corrected chi connectivity index (χ1v) is 11.8. The topological polar surface area (TPSA) is 147 Å². The number of amides is 2. The number of nitrogens with zero attached hydrogens (tertiary/aromatic N) is 3. The minimum atomic E-state index is -1.16. The quantitative estimate of drug-likeness (QED) is 0.304. The Bertz CT molecular complexity index is 1090. The van der Waals surface area contributed by atoms with Gasteiger partial charge in [-0.1, -0.05) is 11.2 Å². The van der Waals surface area contributed by atoms with Gasteiger partial charge in [0.2, 0.25) is 0 Å². The van der Waals surface area contributed by atoms with E-state index < -0.39 is 29.2 Å². The number of carbonyl (C=O) groups excluding carboxylic acids is 2. The number of hydrogen-bond acceptors (Lipinski definition) is 10. The molecule has 0 unspecified atom stereocenters. The van der Waals surface area contributed by atoms with Crippen LogP contribution < -0.4 is 11.1 Å². The predicted octanol–water partition coefficient (Wildman–Crippen LogP) is 1.12. The Hall–Kier alpha value is -2.90. The molecule has 2 aromatic rings. The van der Waals surface area contributed by atoms with Gasteiger partial charge >= 0.3 is 5.97 Å². The van der Waals surface area contributed by atoms with Crippen molar-refractivity contribution in [2.24, 2.45) is 5.16 Å². The van der Waals surface area contributed by atoms with Gasteiger partial charge in [-0.15, -0.1) is 34.4 Å². The van der Waals surface area contributed by atoms with E-state index >= 15 is 0 Å². The molecule has 2 aromatic heterocycles. The number of nitrogen functional groups attached to an aromatic ring is 1. The molecule has 2 aliphatic heterocycles. The number of β-lactam (4-membered cyclic amide) rings is 1. The van der Waals surface area contributed by atoms with Gasteiger partial charge in [0.05, 0.1) is 0 Å². The Morgan fingerprint density at radius 2 is 2.26 bits per heavy atom. The lowest BCUT2D eigenvalue weighted by Crippen LogP contribution is -2.71. The van der Waals surface area contributed by atoms with Crippen molar-refractivity contribution in [1.82, 2.24) is 15.2 Å². The monoisotopic (exact) mass is 479 g/mol. The van der Waals surface area contributed by atoms with Crippen molar-refractivity contribution in [3.05, 3.63) is 44.7 Å². The van der Waals surface area contributed by atoms with Crippen molar-refractivity contribution in [2.45, 2.75) is 17.8 Å². The molecule has 1 fully saturated rings. The van der Waals surface area contributed by atoms with Gasteiger partial charge in [-0.05, 0) is 17.0 Å². The van der Waals surface area contributed by atoms with Crippen molar-refractivity contribution >= 4 is 63.1 Å². The van der Waals surface area contributed by atoms with Gasteiger partial charge in [-0.25, -0.2) is 9.78 Å². The maximum absolute atomic E-state index is 12.8. The molecule has 162 valence electrons. The first-order chi connectivity index (χ1) is 14.9. The summed E-state index contributed by atoms with van der Waals surface area (Å²) in [4.78, 5) is 48.5. The summed E-state index contributed by atoms with van der Waals surface area (Å²) in [6.07, 6.45) is 0.468. The van der Waals surface area contributed by atoms with Gasteiger partial charge in [-0.3, -0.25) is 14.5 Å². The molecular formula is C18H17N5O5S3. The van der Waals surface area contributed by atoms with E-state index in [1.54, 1.807) is 5.38 Å². The highest BCUT2D eigenvalue weighted by atomic mass is 32.2. The van der Waals surface area contributed by atoms with E-state index in [1.807, 2.05) is 17.5 Å². The van der Waals surface area contributed by atoms with E-state index in [0.717, 1.165) is 16.2 Å². The average molecular weight is 480 g/mol. The molecule has 2 atom stereocenters. The molecular weight excluding hydrogens is 462 g/mol. The molecule has 1 saturated heterocycles. The normalized spacial score (nSPS) is 20.9. The van der Waals surface area contributed by atoms with Crippen LogP contribution in [-0.2, 0) is 25.6 Å². The van der Waals surface area contributed by atoms with Crippen LogP contribution in [0.3, 0.4) is 0 Å². The molecule has 0 saturated carbocycles. The lowest BCUT2D eigenvalue weighted by atomic mass is 10.0. The summed E-state index contributed by atoms with van der Waals surface area (Å²) >= 11 is 4.08. The predicted molar refractivity (Wildman–Crippen MR) is 118 cm³/mol. The fourth-order valence-electron chi connectivity index (χ4n) is 3.34. The summed E-state index contributed by atoms with van der Waals surface area (Å²) in [5.41, 5.74) is 6.40. The number of thiophene rings is 1. The molecule has 4 rings (SSSR count). The summed E-state index contributed by atoms with van der Waals surface area (Å²) in [5, 5.41) is 19.3. The average Bonchev–Trinajstić information content (AvgIpc) is 3.41. The summed E-state index contributed by atoms with van der Waals surface area (Å²) in [6, 6.07) is 2.94. The fourth-order valence-corrected chi connectivity index (χ4v) is 5.98. The number of carbonyl (C=O) groups is 3. The Balaban J connectivity index is 1.53. The van der Waals surface area contributed by atoms with Crippen LogP contribution in [0.5, 0.6) is 0 Å². The minimum Gasteiger partial charge on any atom is -0.477 e. The number of hydrogen-bond donors (Lipinski definition) is 3. The molecule has 10 nitrogen and oxygen atoms in total. The number of aliphatic carboxylic acids is 1. The maximum atomic E-state index is 12.8. The SMILES string of the molecule is CO/N=C(\C(=O)N[C@@H]1C(=O)N2C(C(=O)O)=C(Cc3cccs3)CS[C@H]12)c1csc(N)n1. The molecule has 0 aromatic carbocycles. The van der Waals surface area contributed by atoms with Crippen molar-refractivity contribution in [2.75, 3.05) is 18.6 Å². The summed E-state index contributed by atoms with van der Waals surface area (Å²) < 4.78 is 0. The Labute approximate surface area is 188 Å². The molecule has 31 heavy (non-hydrogen) atoms. The highest BCUT2D eigenvalue weighted by Crippen LogP contribution is 2.41. The maximum Gasteiger partial charge on any atom is 0.352 e. The van der Waals surface area contributed by atoms with Gasteiger partial charge in [0.15, 0.2) is 10.8 Å². The van der Waals surface area contributed by atoms with Crippen molar-refractivity contribution in [1.29, 1.82) is 0 Å². The smallest absolute Gasteiger partial charge is 0.352 e. The van der Waals surface area contributed by atoms with Crippen LogP contribution in [0.15, 0.2) is 39.3 Å². The lowest BCUT2D eigenvalue weighted by molar-refractivity contribution is -0.150. The van der Waals surface area contributed by atoms with Gasteiger partial charge in [0.1, 0.15) is 29.9 Å². The first-order valence-electron chi connectivity index (χ1n) is 8.96. The van der Waals surface area contributed by atoms with E-state index in [2.05, 4.69) is 15.5 Å². The van der Waals surface area contributed by atoms with Crippen molar-refractivity contribution < 1.29 is 24.3 Å². The molecule has 0 bridgehead atoms. The standard InChI is InChI=1S/C18H17N5O5S3/c1-28-22-11(10-7-31-18(19)20-10)14(24)21-12-15(25)23-13(17(26)27)8(6-30-16(12)23)5-9-3-2-4-29-9/h2-4,7,12,16H,5-6H2,1H3,(H2,19,20)(H,21,24)(H,26,27)/b22-11-/t12-,16-/m1/s1. The first kappa shape index (κ1) is 21.3. The number of oxime groups is 1. The van der Waals surface area contributed by atoms with E-state index in [4.69, 9.17) is 10.6 Å². The third-order valence-corrected chi connectivity index (χ3v) is 7.56. The Morgan fingerprint density at radius 1 is 1.45 bits per heavy atom. The second-order valence-electron chi connectivity index (χ2n) is 6.57. The largest absolute Gasteiger partial charge is 0.477 e. The number of thioether (sulfide) groups is 1. The van der Waals surface area contributed by atoms with Gasteiger partial charge < -0.3 is 21.0 Å². The van der Waals surface area contributed by atoms with Crippen molar-refractivity contribution in [3.8, 4) is 0 Å². The van der Waals surface area contributed by atoms with Gasteiger partial charge in [0, 0.05) is 22.4 Å². The summed E-state index contributed by atoms with van der Waals surface area (Å²) in [5.74, 6) is -1.85. The number of nitrogens with two attached hydrogens (primary N) is 1. The summed E-state index contributed by atoms with van der Waals surface area (Å²) in [7, 11) is 1.29. The molecule has 13 heteroatoms.